The Hall–Kier alpha value is -3.34. The first-order valence-electron chi connectivity index (χ1n) is 7.87. The largest absolute Gasteiger partial charge is 0.490 e. The Morgan fingerprint density at radius 2 is 1.88 bits per heavy atom. The number of H-pyrrole nitrogens is 1. The summed E-state index contributed by atoms with van der Waals surface area (Å²) in [5.41, 5.74) is 2.44. The number of amides is 1. The van der Waals surface area contributed by atoms with Crippen LogP contribution in [0.15, 0.2) is 61.2 Å². The lowest BCUT2D eigenvalue weighted by Crippen LogP contribution is -2.23. The number of Topliss-reactive ketones (excluding diaryl/α,β-unsaturated/α-hetero) is 1. The molecule has 0 spiro atoms. The molecule has 1 heterocycles. The van der Waals surface area contributed by atoms with E-state index in [0.717, 1.165) is 10.9 Å². The molecule has 0 aliphatic heterocycles. The van der Waals surface area contributed by atoms with Crippen molar-refractivity contribution in [3.8, 4) is 5.75 Å². The van der Waals surface area contributed by atoms with Gasteiger partial charge >= 0.3 is 0 Å². The van der Waals surface area contributed by atoms with Gasteiger partial charge in [0.15, 0.2) is 0 Å². The van der Waals surface area contributed by atoms with Gasteiger partial charge in [0.2, 0.25) is 0 Å². The number of carbonyl (C=O) groups excluding carboxylic acids is 2. The fourth-order valence-electron chi connectivity index (χ4n) is 2.66. The highest BCUT2D eigenvalue weighted by Crippen LogP contribution is 2.23. The average molecular weight is 334 g/mol. The SMILES string of the molecule is C=CCOc1ccc(NC(=O)C(=O)c2c(C)[nH]c3ccccc23)cc1. The maximum atomic E-state index is 12.6. The molecule has 1 amide bonds. The second-order valence-electron chi connectivity index (χ2n) is 5.58. The highest BCUT2D eigenvalue weighted by molar-refractivity contribution is 6.48. The molecule has 5 nitrogen and oxygen atoms in total. The molecule has 25 heavy (non-hydrogen) atoms. The molecule has 0 unspecified atom stereocenters. The standard InChI is InChI=1S/C20H18N2O3/c1-3-12-25-15-10-8-14(9-11-15)22-20(24)19(23)18-13(2)21-17-7-5-4-6-16(17)18/h3-11,21H,1,12H2,2H3,(H,22,24). The van der Waals surface area contributed by atoms with Crippen LogP contribution in [0.5, 0.6) is 5.75 Å². The van der Waals surface area contributed by atoms with Crippen LogP contribution in [0.3, 0.4) is 0 Å². The van der Waals surface area contributed by atoms with Crippen molar-refractivity contribution in [1.29, 1.82) is 0 Å². The molecular formula is C20H18N2O3. The van der Waals surface area contributed by atoms with Gasteiger partial charge in [0.25, 0.3) is 11.7 Å². The third-order valence-corrected chi connectivity index (χ3v) is 3.81. The number of rotatable bonds is 6. The molecule has 3 rings (SSSR count). The summed E-state index contributed by atoms with van der Waals surface area (Å²) in [6.45, 7) is 5.77. The van der Waals surface area contributed by atoms with Crippen molar-refractivity contribution in [2.75, 3.05) is 11.9 Å². The van der Waals surface area contributed by atoms with E-state index in [1.807, 2.05) is 24.3 Å². The van der Waals surface area contributed by atoms with E-state index >= 15 is 0 Å². The Kier molecular flexibility index (Phi) is 4.66. The number of aryl methyl sites for hydroxylation is 1. The Balaban J connectivity index is 1.77. The lowest BCUT2D eigenvalue weighted by molar-refractivity contribution is -0.112. The Bertz CT molecular complexity index is 939. The van der Waals surface area contributed by atoms with Crippen LogP contribution in [0.2, 0.25) is 0 Å². The molecule has 0 fully saturated rings. The number of fused-ring (bicyclic) bond motifs is 1. The predicted molar refractivity (Wildman–Crippen MR) is 98.1 cm³/mol. The predicted octanol–water partition coefficient (Wildman–Crippen LogP) is 3.86. The molecule has 2 N–H and O–H groups in total. The van der Waals surface area contributed by atoms with Crippen molar-refractivity contribution < 1.29 is 14.3 Å². The molecule has 2 aromatic carbocycles. The van der Waals surface area contributed by atoms with Crippen molar-refractivity contribution >= 4 is 28.3 Å². The summed E-state index contributed by atoms with van der Waals surface area (Å²) < 4.78 is 5.38. The van der Waals surface area contributed by atoms with Crippen LogP contribution in [-0.2, 0) is 4.79 Å². The molecule has 0 aliphatic carbocycles. The third-order valence-electron chi connectivity index (χ3n) is 3.81. The molecule has 1 aromatic heterocycles. The summed E-state index contributed by atoms with van der Waals surface area (Å²) in [6.07, 6.45) is 1.65. The van der Waals surface area contributed by atoms with Gasteiger partial charge in [-0.05, 0) is 37.3 Å². The molecule has 3 aromatic rings. The van der Waals surface area contributed by atoms with Crippen LogP contribution in [0.4, 0.5) is 5.69 Å². The van der Waals surface area contributed by atoms with Gasteiger partial charge in [-0.3, -0.25) is 9.59 Å². The van der Waals surface area contributed by atoms with Crippen molar-refractivity contribution in [1.82, 2.24) is 4.98 Å². The lowest BCUT2D eigenvalue weighted by atomic mass is 10.1. The zero-order valence-electron chi connectivity index (χ0n) is 13.8. The van der Waals surface area contributed by atoms with Gasteiger partial charge in [-0.2, -0.15) is 0 Å². The molecule has 0 bridgehead atoms. The second-order valence-corrected chi connectivity index (χ2v) is 5.58. The lowest BCUT2D eigenvalue weighted by Gasteiger charge is -2.07. The van der Waals surface area contributed by atoms with E-state index in [-0.39, 0.29) is 0 Å². The monoisotopic (exact) mass is 334 g/mol. The van der Waals surface area contributed by atoms with E-state index in [4.69, 9.17) is 4.74 Å². The van der Waals surface area contributed by atoms with Crippen LogP contribution in [0.25, 0.3) is 10.9 Å². The minimum Gasteiger partial charge on any atom is -0.490 e. The molecule has 0 aliphatic rings. The molecule has 0 radical (unpaired) electrons. The van der Waals surface area contributed by atoms with Crippen LogP contribution in [0, 0.1) is 6.92 Å². The number of benzene rings is 2. The van der Waals surface area contributed by atoms with Crippen LogP contribution in [-0.4, -0.2) is 23.3 Å². The van der Waals surface area contributed by atoms with E-state index in [9.17, 15) is 9.59 Å². The zero-order chi connectivity index (χ0) is 17.8. The normalized spacial score (nSPS) is 10.4. The summed E-state index contributed by atoms with van der Waals surface area (Å²) in [7, 11) is 0. The van der Waals surface area contributed by atoms with E-state index < -0.39 is 11.7 Å². The minimum atomic E-state index is -0.674. The summed E-state index contributed by atoms with van der Waals surface area (Å²) in [4.78, 5) is 28.1. The van der Waals surface area contributed by atoms with Crippen molar-refractivity contribution in [2.24, 2.45) is 0 Å². The number of aromatic amines is 1. The molecule has 0 saturated carbocycles. The van der Waals surface area contributed by atoms with Gasteiger partial charge in [-0.25, -0.2) is 0 Å². The van der Waals surface area contributed by atoms with E-state index in [2.05, 4.69) is 16.9 Å². The van der Waals surface area contributed by atoms with Gasteiger partial charge in [0.05, 0.1) is 5.56 Å². The average Bonchev–Trinajstić information content (AvgIpc) is 2.96. The summed E-state index contributed by atoms with van der Waals surface area (Å²) in [5.74, 6) is -0.578. The molecular weight excluding hydrogens is 316 g/mol. The number of aromatic nitrogens is 1. The van der Waals surface area contributed by atoms with Gasteiger partial charge in [-0.1, -0.05) is 30.9 Å². The van der Waals surface area contributed by atoms with Gasteiger partial charge in [0, 0.05) is 22.3 Å². The Morgan fingerprint density at radius 1 is 1.16 bits per heavy atom. The number of para-hydroxylation sites is 1. The summed E-state index contributed by atoms with van der Waals surface area (Å²) in [5, 5.41) is 3.37. The third kappa shape index (κ3) is 3.45. The number of carbonyl (C=O) groups is 2. The number of ketones is 1. The Morgan fingerprint density at radius 3 is 2.60 bits per heavy atom. The second kappa shape index (κ2) is 7.05. The fourth-order valence-corrected chi connectivity index (χ4v) is 2.66. The molecule has 126 valence electrons. The molecule has 0 atom stereocenters. The highest BCUT2D eigenvalue weighted by Gasteiger charge is 2.22. The number of ether oxygens (including phenoxy) is 1. The smallest absolute Gasteiger partial charge is 0.296 e. The van der Waals surface area contributed by atoms with Crippen molar-refractivity contribution in [3.63, 3.8) is 0 Å². The van der Waals surface area contributed by atoms with Crippen molar-refractivity contribution in [2.45, 2.75) is 6.92 Å². The number of nitrogens with one attached hydrogen (secondary N) is 2. The van der Waals surface area contributed by atoms with Gasteiger partial charge < -0.3 is 15.0 Å². The molecule has 0 saturated heterocycles. The maximum Gasteiger partial charge on any atom is 0.296 e. The van der Waals surface area contributed by atoms with Crippen molar-refractivity contribution in [3.05, 3.63) is 72.4 Å². The van der Waals surface area contributed by atoms with Gasteiger partial charge in [0.1, 0.15) is 12.4 Å². The van der Waals surface area contributed by atoms with Crippen LogP contribution >= 0.6 is 0 Å². The van der Waals surface area contributed by atoms with Gasteiger partial charge in [-0.15, -0.1) is 0 Å². The summed E-state index contributed by atoms with van der Waals surface area (Å²) in [6, 6.07) is 14.2. The topological polar surface area (TPSA) is 71.2 Å². The fraction of sp³-hybridized carbons (Fsp3) is 0.100. The zero-order valence-corrected chi connectivity index (χ0v) is 13.8. The number of anilines is 1. The van der Waals surface area contributed by atoms with Crippen LogP contribution in [0.1, 0.15) is 16.1 Å². The van der Waals surface area contributed by atoms with E-state index in [1.54, 1.807) is 37.3 Å². The van der Waals surface area contributed by atoms with E-state index in [0.29, 0.717) is 29.3 Å². The molecule has 5 heteroatoms. The maximum absolute atomic E-state index is 12.6. The minimum absolute atomic E-state index is 0.402. The number of hydrogen-bond donors (Lipinski definition) is 2. The Labute approximate surface area is 145 Å². The first-order chi connectivity index (χ1) is 12.1. The quantitative estimate of drug-likeness (QED) is 0.408. The van der Waals surface area contributed by atoms with Crippen LogP contribution < -0.4 is 10.1 Å². The highest BCUT2D eigenvalue weighted by atomic mass is 16.5. The first-order valence-corrected chi connectivity index (χ1v) is 7.87. The number of hydrogen-bond acceptors (Lipinski definition) is 3. The summed E-state index contributed by atoms with van der Waals surface area (Å²) >= 11 is 0. The van der Waals surface area contributed by atoms with E-state index in [1.165, 1.54) is 0 Å². The first kappa shape index (κ1) is 16.5.